The molecule has 2 heterocycles. The molecule has 1 aliphatic rings. The molecule has 3 rings (SSSR count). The van der Waals surface area contributed by atoms with E-state index in [4.69, 9.17) is 0 Å². The Morgan fingerprint density at radius 2 is 1.87 bits per heavy atom. The van der Waals surface area contributed by atoms with Crippen molar-refractivity contribution in [2.45, 2.75) is 58.1 Å². The van der Waals surface area contributed by atoms with E-state index < -0.39 is 5.60 Å². The summed E-state index contributed by atoms with van der Waals surface area (Å²) in [5, 5.41) is 14.2. The molecule has 1 saturated heterocycles. The summed E-state index contributed by atoms with van der Waals surface area (Å²) < 4.78 is 1.45. The molecule has 31 heavy (non-hydrogen) atoms. The molecule has 1 atom stereocenters. The number of hydrogen-bond donors (Lipinski definition) is 2. The van der Waals surface area contributed by atoms with E-state index in [0.29, 0.717) is 44.1 Å². The maximum Gasteiger partial charge on any atom is 0.255 e. The normalized spacial score (nSPS) is 16.9. The molecule has 0 spiro atoms. The van der Waals surface area contributed by atoms with Crippen LogP contribution in [0.2, 0.25) is 0 Å². The molecule has 0 radical (unpaired) electrons. The highest BCUT2D eigenvalue weighted by Crippen LogP contribution is 2.26. The van der Waals surface area contributed by atoms with Crippen LogP contribution < -0.4 is 10.9 Å². The van der Waals surface area contributed by atoms with Crippen molar-refractivity contribution in [3.05, 3.63) is 58.6 Å². The first-order valence-electron chi connectivity index (χ1n) is 11.1. The fourth-order valence-corrected chi connectivity index (χ4v) is 3.89. The summed E-state index contributed by atoms with van der Waals surface area (Å²) in [6, 6.07) is 11.5. The molecule has 1 aromatic heterocycles. The minimum absolute atomic E-state index is 0.109. The van der Waals surface area contributed by atoms with Crippen LogP contribution in [-0.2, 0) is 11.3 Å². The molecular weight excluding hydrogens is 392 g/mol. The Morgan fingerprint density at radius 3 is 2.48 bits per heavy atom. The summed E-state index contributed by atoms with van der Waals surface area (Å²) >= 11 is 0. The first kappa shape index (κ1) is 23.0. The third-order valence-electron chi connectivity index (χ3n) is 5.93. The highest BCUT2D eigenvalue weighted by atomic mass is 16.3. The Bertz CT molecular complexity index is 918. The van der Waals surface area contributed by atoms with E-state index in [0.717, 1.165) is 12.1 Å². The second-order valence-corrected chi connectivity index (χ2v) is 9.14. The van der Waals surface area contributed by atoms with Crippen molar-refractivity contribution in [2.24, 2.45) is 5.92 Å². The summed E-state index contributed by atoms with van der Waals surface area (Å²) in [4.78, 5) is 31.3. The topological polar surface area (TPSA) is 87.5 Å². The number of nitrogens with zero attached hydrogens (tertiary/aromatic N) is 3. The van der Waals surface area contributed by atoms with E-state index in [9.17, 15) is 14.7 Å². The zero-order chi connectivity index (χ0) is 22.4. The van der Waals surface area contributed by atoms with Gasteiger partial charge in [0.2, 0.25) is 5.91 Å². The predicted molar refractivity (Wildman–Crippen MR) is 122 cm³/mol. The largest absolute Gasteiger partial charge is 0.388 e. The van der Waals surface area contributed by atoms with Gasteiger partial charge < -0.3 is 15.3 Å². The summed E-state index contributed by atoms with van der Waals surface area (Å²) in [6.07, 6.45) is 2.83. The molecule has 0 unspecified atom stereocenters. The number of benzene rings is 1. The van der Waals surface area contributed by atoms with Crippen molar-refractivity contribution >= 4 is 11.7 Å². The summed E-state index contributed by atoms with van der Waals surface area (Å²) in [5.41, 5.74) is -0.0485. The van der Waals surface area contributed by atoms with Crippen molar-refractivity contribution in [3.8, 4) is 0 Å². The van der Waals surface area contributed by atoms with Crippen LogP contribution in [0, 0.1) is 5.92 Å². The van der Waals surface area contributed by atoms with E-state index in [2.05, 4.69) is 31.1 Å². The minimum Gasteiger partial charge on any atom is -0.388 e. The Hall–Kier alpha value is -2.67. The van der Waals surface area contributed by atoms with Crippen molar-refractivity contribution in [1.29, 1.82) is 0 Å². The average molecular weight is 427 g/mol. The van der Waals surface area contributed by atoms with E-state index in [1.54, 1.807) is 0 Å². The quantitative estimate of drug-likeness (QED) is 0.678. The first-order chi connectivity index (χ1) is 14.8. The van der Waals surface area contributed by atoms with Gasteiger partial charge >= 0.3 is 0 Å². The molecule has 0 bridgehead atoms. The lowest BCUT2D eigenvalue weighted by atomic mass is 9.90. The van der Waals surface area contributed by atoms with Crippen molar-refractivity contribution in [2.75, 3.05) is 25.0 Å². The lowest BCUT2D eigenvalue weighted by molar-refractivity contribution is -0.136. The monoisotopic (exact) mass is 426 g/mol. The number of carbonyl (C=O) groups excluding carboxylic acids is 1. The fraction of sp³-hybridized carbons (Fsp3) is 0.542. The Kier molecular flexibility index (Phi) is 7.49. The molecule has 1 aliphatic heterocycles. The first-order valence-corrected chi connectivity index (χ1v) is 11.1. The number of likely N-dealkylation sites (tertiary alicyclic amines) is 1. The van der Waals surface area contributed by atoms with Gasteiger partial charge in [0.05, 0.1) is 18.5 Å². The van der Waals surface area contributed by atoms with E-state index in [1.165, 1.54) is 17.0 Å². The number of hydrogen-bond acceptors (Lipinski definition) is 5. The van der Waals surface area contributed by atoms with Gasteiger partial charge in [0.1, 0.15) is 5.82 Å². The highest BCUT2D eigenvalue weighted by molar-refractivity contribution is 5.77. The van der Waals surface area contributed by atoms with Gasteiger partial charge in [-0.15, -0.1) is 0 Å². The number of anilines is 1. The molecule has 168 valence electrons. The smallest absolute Gasteiger partial charge is 0.255 e. The molecule has 0 saturated carbocycles. The van der Waals surface area contributed by atoms with Gasteiger partial charge in [-0.05, 0) is 30.2 Å². The van der Waals surface area contributed by atoms with Crippen LogP contribution in [0.5, 0.6) is 0 Å². The molecule has 2 aromatic rings. The number of aromatic nitrogens is 2. The van der Waals surface area contributed by atoms with Crippen LogP contribution in [-0.4, -0.2) is 50.7 Å². The van der Waals surface area contributed by atoms with Crippen molar-refractivity contribution in [3.63, 3.8) is 0 Å². The molecule has 7 nitrogen and oxygen atoms in total. The van der Waals surface area contributed by atoms with Gasteiger partial charge in [-0.2, -0.15) is 0 Å². The number of amides is 1. The van der Waals surface area contributed by atoms with Gasteiger partial charge in [0.15, 0.2) is 0 Å². The maximum absolute atomic E-state index is 12.7. The molecule has 0 aliphatic carbocycles. The molecule has 7 heteroatoms. The van der Waals surface area contributed by atoms with Crippen LogP contribution in [0.3, 0.4) is 0 Å². The lowest BCUT2D eigenvalue weighted by Gasteiger charge is -2.38. The number of piperidine rings is 1. The summed E-state index contributed by atoms with van der Waals surface area (Å²) in [5.74, 6) is 1.27. The van der Waals surface area contributed by atoms with E-state index >= 15 is 0 Å². The zero-order valence-corrected chi connectivity index (χ0v) is 18.8. The summed E-state index contributed by atoms with van der Waals surface area (Å²) in [7, 11) is 0. The number of nitrogens with one attached hydrogen (secondary N) is 1. The number of carbonyl (C=O) groups is 1. The number of aliphatic hydroxyl groups is 1. The number of rotatable bonds is 8. The molecule has 1 amide bonds. The van der Waals surface area contributed by atoms with Crippen LogP contribution in [0.15, 0.2) is 47.5 Å². The molecule has 1 aromatic carbocycles. The van der Waals surface area contributed by atoms with E-state index in [-0.39, 0.29) is 23.9 Å². The summed E-state index contributed by atoms with van der Waals surface area (Å²) in [6.45, 7) is 8.15. The van der Waals surface area contributed by atoms with Crippen molar-refractivity contribution < 1.29 is 9.90 Å². The van der Waals surface area contributed by atoms with Crippen LogP contribution in [0.1, 0.15) is 51.5 Å². The lowest BCUT2D eigenvalue weighted by Crippen LogP contribution is -2.49. The fourth-order valence-electron chi connectivity index (χ4n) is 3.89. The molecule has 1 fully saturated rings. The Balaban J connectivity index is 1.53. The van der Waals surface area contributed by atoms with Gasteiger partial charge in [-0.1, -0.05) is 51.1 Å². The molecule has 2 N–H and O–H groups in total. The van der Waals surface area contributed by atoms with Gasteiger partial charge in [0, 0.05) is 32.1 Å². The third-order valence-corrected chi connectivity index (χ3v) is 5.93. The Morgan fingerprint density at radius 1 is 1.19 bits per heavy atom. The second kappa shape index (κ2) is 10.1. The second-order valence-electron chi connectivity index (χ2n) is 9.14. The standard InChI is InChI=1S/C24H34N4O3/c1-18(2)15-25-21-14-23(30)28(17-26-21)16-24(31)9-11-27(12-10-24)22(29)13-19(3)20-7-5-4-6-8-20/h4-8,14,17-19,25,31H,9-13,15-16H2,1-3H3/t19-/m1/s1. The highest BCUT2D eigenvalue weighted by Gasteiger charge is 2.34. The van der Waals surface area contributed by atoms with E-state index in [1.807, 2.05) is 35.2 Å². The third kappa shape index (κ3) is 6.40. The zero-order valence-electron chi connectivity index (χ0n) is 18.8. The predicted octanol–water partition coefficient (Wildman–Crippen LogP) is 2.86. The van der Waals surface area contributed by atoms with Crippen LogP contribution in [0.4, 0.5) is 5.82 Å². The van der Waals surface area contributed by atoms with Gasteiger partial charge in [0.25, 0.3) is 5.56 Å². The van der Waals surface area contributed by atoms with Crippen LogP contribution >= 0.6 is 0 Å². The SMILES string of the molecule is CC(C)CNc1cc(=O)n(CC2(O)CCN(C(=O)C[C@@H](C)c3ccccc3)CC2)cn1. The maximum atomic E-state index is 12.7. The van der Waals surface area contributed by atoms with Crippen LogP contribution in [0.25, 0.3) is 0 Å². The minimum atomic E-state index is -1.01. The molecular formula is C24H34N4O3. The van der Waals surface area contributed by atoms with Gasteiger partial charge in [-0.25, -0.2) is 4.98 Å². The van der Waals surface area contributed by atoms with Gasteiger partial charge in [-0.3, -0.25) is 14.2 Å². The Labute approximate surface area is 184 Å². The van der Waals surface area contributed by atoms with Crippen molar-refractivity contribution in [1.82, 2.24) is 14.5 Å². The average Bonchev–Trinajstić information content (AvgIpc) is 2.75.